The summed E-state index contributed by atoms with van der Waals surface area (Å²) in [5.41, 5.74) is 0.996. The molecule has 0 saturated carbocycles. The first-order chi connectivity index (χ1) is 24.1. The number of hydrogen-bond acceptors (Lipinski definition) is 11. The molecule has 0 unspecified atom stereocenters. The van der Waals surface area contributed by atoms with E-state index in [9.17, 15) is 14.0 Å². The van der Waals surface area contributed by atoms with Crippen LogP contribution in [0.15, 0.2) is 84.8 Å². The van der Waals surface area contributed by atoms with Gasteiger partial charge in [-0.3, -0.25) is 4.90 Å². The predicted octanol–water partition coefficient (Wildman–Crippen LogP) is 7.06. The maximum absolute atomic E-state index is 15.7. The van der Waals surface area contributed by atoms with Crippen LogP contribution in [0.1, 0.15) is 58.7 Å². The number of nitrogens with zero attached hydrogens (tertiary/aromatic N) is 6. The summed E-state index contributed by atoms with van der Waals surface area (Å²) in [5.74, 6) is -3.41. The Bertz CT molecular complexity index is 1940. The highest BCUT2D eigenvalue weighted by Gasteiger charge is 2.47. The molecule has 0 aliphatic rings. The van der Waals surface area contributed by atoms with Crippen LogP contribution in [0.5, 0.6) is 0 Å². The van der Waals surface area contributed by atoms with Crippen molar-refractivity contribution in [1.82, 2.24) is 24.6 Å². The number of carbonyl (C=O) groups is 2. The largest absolute Gasteiger partial charge is 0.512 e. The highest BCUT2D eigenvalue weighted by atomic mass is 32.1. The van der Waals surface area contributed by atoms with Gasteiger partial charge in [-0.25, -0.2) is 33.0 Å². The predicted molar refractivity (Wildman–Crippen MR) is 180 cm³/mol. The van der Waals surface area contributed by atoms with Gasteiger partial charge in [-0.15, -0.1) is 11.3 Å². The zero-order chi connectivity index (χ0) is 35.7. The Morgan fingerprint density at radius 3 is 2.42 bits per heavy atom. The van der Waals surface area contributed by atoms with Crippen molar-refractivity contribution in [2.24, 2.45) is 0 Å². The normalized spacial score (nSPS) is 12.9. The molecule has 14 heteroatoms. The van der Waals surface area contributed by atoms with Gasteiger partial charge in [0, 0.05) is 29.1 Å². The van der Waals surface area contributed by atoms with Crippen molar-refractivity contribution < 1.29 is 32.6 Å². The van der Waals surface area contributed by atoms with Crippen LogP contribution in [0.2, 0.25) is 0 Å². The van der Waals surface area contributed by atoms with Crippen LogP contribution in [0.4, 0.5) is 13.6 Å². The van der Waals surface area contributed by atoms with Crippen molar-refractivity contribution in [2.75, 3.05) is 19.9 Å². The van der Waals surface area contributed by atoms with E-state index < -0.39 is 42.1 Å². The highest BCUT2D eigenvalue weighted by Crippen LogP contribution is 2.45. The average molecular weight is 701 g/mol. The molecule has 50 heavy (non-hydrogen) atoms. The molecule has 0 bridgehead atoms. The van der Waals surface area contributed by atoms with Crippen molar-refractivity contribution in [1.29, 1.82) is 5.26 Å². The van der Waals surface area contributed by atoms with Crippen LogP contribution in [-0.2, 0) is 32.9 Å². The molecule has 3 aromatic carbocycles. The summed E-state index contributed by atoms with van der Waals surface area (Å²) in [7, 11) is 0. The standard InChI is InChI=1S/C36H34F2N6O5S/c1-4-43(5-2)18-26-8-12-28(13-9-26)34(45)47-23-48-35(46)49-36(20-44-22-40-21-41-44,30-15-14-29(37)16-31(30)38)24(3)33-42-32(19-50-33)27-10-6-25(17-39)7-11-27/h6-16,19,21-22,24H,4-5,18,20,23H2,1-3H3/t24-,36+/m0/s1. The fourth-order valence-corrected chi connectivity index (χ4v) is 6.36. The van der Waals surface area contributed by atoms with Gasteiger partial charge in [-0.05, 0) is 55.1 Å². The second-order valence-electron chi connectivity index (χ2n) is 11.3. The Morgan fingerprint density at radius 1 is 1.04 bits per heavy atom. The highest BCUT2D eigenvalue weighted by molar-refractivity contribution is 7.10. The zero-order valence-electron chi connectivity index (χ0n) is 27.6. The lowest BCUT2D eigenvalue weighted by Gasteiger charge is -2.37. The Kier molecular flexibility index (Phi) is 11.6. The van der Waals surface area contributed by atoms with E-state index in [1.54, 1.807) is 48.7 Å². The van der Waals surface area contributed by atoms with Gasteiger partial charge in [0.2, 0.25) is 6.79 Å². The van der Waals surface area contributed by atoms with Crippen LogP contribution in [0.25, 0.3) is 11.3 Å². The number of benzene rings is 3. The second kappa shape index (κ2) is 16.3. The summed E-state index contributed by atoms with van der Waals surface area (Å²) in [5, 5.41) is 15.5. The second-order valence-corrected chi connectivity index (χ2v) is 12.2. The number of rotatable bonds is 14. The van der Waals surface area contributed by atoms with E-state index in [0.29, 0.717) is 22.3 Å². The first-order valence-corrected chi connectivity index (χ1v) is 16.6. The summed E-state index contributed by atoms with van der Waals surface area (Å²) >= 11 is 1.24. The van der Waals surface area contributed by atoms with Gasteiger partial charge >= 0.3 is 12.1 Å². The molecule has 2 aromatic heterocycles. The molecule has 0 aliphatic heterocycles. The smallest absolute Gasteiger partial charge is 0.424 e. The van der Waals surface area contributed by atoms with Crippen LogP contribution in [0, 0.1) is 23.0 Å². The Balaban J connectivity index is 1.39. The molecule has 5 aromatic rings. The Morgan fingerprint density at radius 2 is 1.78 bits per heavy atom. The van der Waals surface area contributed by atoms with Gasteiger partial charge in [0.15, 0.2) is 5.60 Å². The van der Waals surface area contributed by atoms with Crippen molar-refractivity contribution in [3.05, 3.63) is 124 Å². The molecule has 0 fully saturated rings. The molecular weight excluding hydrogens is 666 g/mol. The Labute approximate surface area is 291 Å². The van der Waals surface area contributed by atoms with Crippen molar-refractivity contribution in [2.45, 2.75) is 45.4 Å². The fraction of sp³-hybridized carbons (Fsp3) is 0.278. The first kappa shape index (κ1) is 35.8. The van der Waals surface area contributed by atoms with Gasteiger partial charge < -0.3 is 14.2 Å². The van der Waals surface area contributed by atoms with E-state index >= 15 is 4.39 Å². The number of aromatic nitrogens is 4. The summed E-state index contributed by atoms with van der Waals surface area (Å²) in [6.07, 6.45) is 1.33. The molecule has 0 saturated heterocycles. The first-order valence-electron chi connectivity index (χ1n) is 15.7. The van der Waals surface area contributed by atoms with Gasteiger partial charge in [0.25, 0.3) is 0 Å². The maximum atomic E-state index is 15.7. The quantitative estimate of drug-likeness (QED) is 0.0876. The van der Waals surface area contributed by atoms with Gasteiger partial charge in [-0.1, -0.05) is 45.0 Å². The molecule has 5 rings (SSSR count). The number of nitriles is 1. The third kappa shape index (κ3) is 8.36. The number of ether oxygens (including phenoxy) is 3. The SMILES string of the molecule is CCN(CC)Cc1ccc(C(=O)OCOC(=O)O[C@@](Cn2cncn2)(c2ccc(F)cc2F)[C@@H](C)c2nc(-c3ccc(C#N)cc3)cs2)cc1. The van der Waals surface area contributed by atoms with Gasteiger partial charge in [-0.2, -0.15) is 10.4 Å². The van der Waals surface area contributed by atoms with Crippen molar-refractivity contribution in [3.63, 3.8) is 0 Å². The molecule has 0 aliphatic carbocycles. The van der Waals surface area contributed by atoms with E-state index in [2.05, 4.69) is 34.9 Å². The van der Waals surface area contributed by atoms with E-state index in [-0.39, 0.29) is 17.7 Å². The van der Waals surface area contributed by atoms with Crippen LogP contribution in [-0.4, -0.2) is 56.7 Å². The zero-order valence-corrected chi connectivity index (χ0v) is 28.4. The summed E-state index contributed by atoms with van der Waals surface area (Å²) in [4.78, 5) is 37.0. The van der Waals surface area contributed by atoms with Gasteiger partial charge in [0.05, 0.1) is 35.4 Å². The molecule has 0 radical (unpaired) electrons. The number of hydrogen-bond donors (Lipinski definition) is 0. The Hall–Kier alpha value is -5.52. The van der Waals surface area contributed by atoms with E-state index in [0.717, 1.165) is 36.8 Å². The molecule has 0 N–H and O–H groups in total. The third-order valence-electron chi connectivity index (χ3n) is 8.27. The fourth-order valence-electron chi connectivity index (χ4n) is 5.40. The maximum Gasteiger partial charge on any atom is 0.512 e. The minimum absolute atomic E-state index is 0.171. The van der Waals surface area contributed by atoms with E-state index in [1.807, 2.05) is 12.1 Å². The lowest BCUT2D eigenvalue weighted by molar-refractivity contribution is -0.0881. The number of halogens is 2. The summed E-state index contributed by atoms with van der Waals surface area (Å²) < 4.78 is 47.5. The minimum atomic E-state index is -1.91. The van der Waals surface area contributed by atoms with E-state index in [1.165, 1.54) is 34.7 Å². The lowest BCUT2D eigenvalue weighted by Crippen LogP contribution is -2.43. The molecular formula is C36H34F2N6O5S. The van der Waals surface area contributed by atoms with Crippen molar-refractivity contribution >= 4 is 23.5 Å². The molecule has 258 valence electrons. The van der Waals surface area contributed by atoms with Crippen LogP contribution >= 0.6 is 11.3 Å². The lowest BCUT2D eigenvalue weighted by atomic mass is 9.81. The summed E-state index contributed by atoms with van der Waals surface area (Å²) in [6.45, 7) is 7.29. The molecule has 2 heterocycles. The van der Waals surface area contributed by atoms with Crippen LogP contribution in [0.3, 0.4) is 0 Å². The van der Waals surface area contributed by atoms with Gasteiger partial charge in [0.1, 0.15) is 29.3 Å². The molecule has 0 spiro atoms. The number of esters is 1. The molecule has 0 amide bonds. The van der Waals surface area contributed by atoms with Crippen molar-refractivity contribution in [3.8, 4) is 17.3 Å². The van der Waals surface area contributed by atoms with Crippen LogP contribution < -0.4 is 0 Å². The topological polar surface area (TPSA) is 132 Å². The average Bonchev–Trinajstić information content (AvgIpc) is 3.83. The molecule has 2 atom stereocenters. The number of thiazole rings is 1. The monoisotopic (exact) mass is 700 g/mol. The minimum Gasteiger partial charge on any atom is -0.424 e. The third-order valence-corrected chi connectivity index (χ3v) is 9.30. The summed E-state index contributed by atoms with van der Waals surface area (Å²) in [6, 6.07) is 18.7. The van der Waals surface area contributed by atoms with E-state index in [4.69, 9.17) is 24.5 Å². The number of carbonyl (C=O) groups excluding carboxylic acids is 2. The molecule has 11 nitrogen and oxygen atoms in total.